The number of hydrogen-bond donors (Lipinski definition) is 2. The van der Waals surface area contributed by atoms with E-state index in [1.165, 1.54) is 17.8 Å². The zero-order valence-corrected chi connectivity index (χ0v) is 10.6. The molecule has 1 heterocycles. The third kappa shape index (κ3) is 4.10. The van der Waals surface area contributed by atoms with Crippen LogP contribution in [0.1, 0.15) is 20.8 Å². The Morgan fingerprint density at radius 1 is 1.47 bits per heavy atom. The third-order valence-electron chi connectivity index (χ3n) is 1.71. The van der Waals surface area contributed by atoms with Crippen molar-refractivity contribution in [2.24, 2.45) is 0 Å². The summed E-state index contributed by atoms with van der Waals surface area (Å²) < 4.78 is 0.503. The zero-order chi connectivity index (χ0) is 13.2. The van der Waals surface area contributed by atoms with Crippen LogP contribution in [0, 0.1) is 0 Å². The fraction of sp³-hybridized carbons (Fsp3) is 0.500. The minimum absolute atomic E-state index is 0.144. The monoisotopic (exact) mass is 258 g/mol. The van der Waals surface area contributed by atoms with E-state index in [9.17, 15) is 14.4 Å². The maximum Gasteiger partial charge on any atom is 0.329 e. The van der Waals surface area contributed by atoms with Gasteiger partial charge in [0.05, 0.1) is 5.03 Å². The van der Waals surface area contributed by atoms with Gasteiger partial charge in [-0.05, 0) is 0 Å². The fourth-order valence-corrected chi connectivity index (χ4v) is 2.13. The van der Waals surface area contributed by atoms with E-state index in [0.29, 0.717) is 9.59 Å². The predicted octanol–water partition coefficient (Wildman–Crippen LogP) is 0.512. The lowest BCUT2D eigenvalue weighted by Crippen LogP contribution is -2.37. The summed E-state index contributed by atoms with van der Waals surface area (Å²) in [7, 11) is 0. The summed E-state index contributed by atoms with van der Waals surface area (Å²) in [6, 6.07) is 1.24. The molecule has 0 unspecified atom stereocenters. The van der Waals surface area contributed by atoms with Crippen molar-refractivity contribution in [2.75, 3.05) is 0 Å². The minimum Gasteiger partial charge on any atom is -0.480 e. The third-order valence-corrected chi connectivity index (χ3v) is 2.76. The summed E-state index contributed by atoms with van der Waals surface area (Å²) in [5, 5.41) is 8.99. The Balaban J connectivity index is 3.15. The standard InChI is InChI=1S/C10H14N2O4S/c1-10(2,3)17-6-4-7(13)12(5-8(14)15)9(16)11-6/h4H,5H2,1-3H3,(H,11,16)(H,14,15). The first-order valence-electron chi connectivity index (χ1n) is 4.94. The molecule has 0 radical (unpaired) electrons. The van der Waals surface area contributed by atoms with Crippen LogP contribution in [-0.2, 0) is 11.3 Å². The Labute approximate surface area is 102 Å². The van der Waals surface area contributed by atoms with Crippen molar-refractivity contribution >= 4 is 17.7 Å². The second-order valence-corrected chi connectivity index (χ2v) is 6.34. The first kappa shape index (κ1) is 13.6. The molecular weight excluding hydrogens is 244 g/mol. The molecule has 0 spiro atoms. The number of carboxylic acid groups (broad SMARTS) is 1. The van der Waals surface area contributed by atoms with Crippen LogP contribution in [-0.4, -0.2) is 25.4 Å². The van der Waals surface area contributed by atoms with Crippen LogP contribution in [0.25, 0.3) is 0 Å². The van der Waals surface area contributed by atoms with Gasteiger partial charge in [0.15, 0.2) is 0 Å². The van der Waals surface area contributed by atoms with Gasteiger partial charge in [0.2, 0.25) is 0 Å². The van der Waals surface area contributed by atoms with Crippen molar-refractivity contribution in [1.29, 1.82) is 0 Å². The first-order valence-corrected chi connectivity index (χ1v) is 5.76. The Morgan fingerprint density at radius 3 is 2.47 bits per heavy atom. The second kappa shape index (κ2) is 4.79. The molecule has 1 rings (SSSR count). The Morgan fingerprint density at radius 2 is 2.06 bits per heavy atom. The summed E-state index contributed by atoms with van der Waals surface area (Å²) in [5.74, 6) is -1.23. The summed E-state index contributed by atoms with van der Waals surface area (Å²) >= 11 is 1.34. The maximum absolute atomic E-state index is 11.5. The first-order chi connectivity index (χ1) is 7.69. The highest BCUT2D eigenvalue weighted by molar-refractivity contribution is 8.00. The normalized spacial score (nSPS) is 11.5. The average molecular weight is 258 g/mol. The summed E-state index contributed by atoms with van der Waals surface area (Å²) in [5.41, 5.74) is -1.31. The Hall–Kier alpha value is -1.50. The molecule has 0 saturated heterocycles. The van der Waals surface area contributed by atoms with Crippen molar-refractivity contribution in [3.05, 3.63) is 26.9 Å². The van der Waals surface area contributed by atoms with E-state index in [0.717, 1.165) is 0 Å². The molecule has 0 fully saturated rings. The zero-order valence-electron chi connectivity index (χ0n) is 9.81. The largest absolute Gasteiger partial charge is 0.480 e. The number of aliphatic carboxylic acids is 1. The lowest BCUT2D eigenvalue weighted by atomic mass is 10.3. The van der Waals surface area contributed by atoms with Gasteiger partial charge in [-0.1, -0.05) is 20.8 Å². The van der Waals surface area contributed by atoms with Crippen LogP contribution >= 0.6 is 11.8 Å². The van der Waals surface area contributed by atoms with E-state index >= 15 is 0 Å². The van der Waals surface area contributed by atoms with Crippen LogP contribution in [0.4, 0.5) is 0 Å². The highest BCUT2D eigenvalue weighted by atomic mass is 32.2. The molecule has 0 atom stereocenters. The highest BCUT2D eigenvalue weighted by Gasteiger charge is 2.15. The fourth-order valence-electron chi connectivity index (χ4n) is 1.17. The number of nitrogens with one attached hydrogen (secondary N) is 1. The van der Waals surface area contributed by atoms with Gasteiger partial charge in [-0.3, -0.25) is 9.59 Å². The van der Waals surface area contributed by atoms with Crippen molar-refractivity contribution in [1.82, 2.24) is 9.55 Å². The Kier molecular flexibility index (Phi) is 3.82. The predicted molar refractivity (Wildman–Crippen MR) is 64.6 cm³/mol. The van der Waals surface area contributed by atoms with E-state index in [1.807, 2.05) is 20.8 Å². The van der Waals surface area contributed by atoms with Crippen molar-refractivity contribution in [3.63, 3.8) is 0 Å². The number of rotatable bonds is 3. The molecule has 6 nitrogen and oxygen atoms in total. The van der Waals surface area contributed by atoms with E-state index in [1.54, 1.807) is 0 Å². The molecule has 0 amide bonds. The molecular formula is C10H14N2O4S. The molecule has 2 N–H and O–H groups in total. The van der Waals surface area contributed by atoms with E-state index in [-0.39, 0.29) is 4.75 Å². The molecule has 1 aromatic heterocycles. The molecule has 17 heavy (non-hydrogen) atoms. The molecule has 0 aliphatic carbocycles. The van der Waals surface area contributed by atoms with Crippen molar-refractivity contribution < 1.29 is 9.90 Å². The number of hydrogen-bond acceptors (Lipinski definition) is 4. The number of aromatic amines is 1. The lowest BCUT2D eigenvalue weighted by molar-refractivity contribution is -0.137. The number of nitrogens with zero attached hydrogens (tertiary/aromatic N) is 1. The molecule has 0 bridgehead atoms. The number of aromatic nitrogens is 2. The molecule has 0 aliphatic rings. The van der Waals surface area contributed by atoms with Gasteiger partial charge in [-0.25, -0.2) is 9.36 Å². The van der Waals surface area contributed by atoms with Gasteiger partial charge >= 0.3 is 11.7 Å². The number of thioether (sulfide) groups is 1. The Bertz CT molecular complexity index is 507. The van der Waals surface area contributed by atoms with Gasteiger partial charge < -0.3 is 10.1 Å². The molecule has 1 aromatic rings. The van der Waals surface area contributed by atoms with Gasteiger partial charge in [0.1, 0.15) is 6.54 Å². The number of carboxylic acids is 1. The smallest absolute Gasteiger partial charge is 0.329 e. The van der Waals surface area contributed by atoms with Crippen molar-refractivity contribution in [2.45, 2.75) is 37.1 Å². The molecule has 94 valence electrons. The quantitative estimate of drug-likeness (QED) is 0.609. The van der Waals surface area contributed by atoms with Crippen LogP contribution in [0.5, 0.6) is 0 Å². The van der Waals surface area contributed by atoms with E-state index < -0.39 is 23.8 Å². The summed E-state index contributed by atoms with van der Waals surface area (Å²) in [6.45, 7) is 5.20. The molecule has 0 aromatic carbocycles. The van der Waals surface area contributed by atoms with Crippen LogP contribution < -0.4 is 11.2 Å². The minimum atomic E-state index is -1.23. The van der Waals surface area contributed by atoms with Crippen LogP contribution in [0.2, 0.25) is 0 Å². The van der Waals surface area contributed by atoms with Crippen LogP contribution in [0.3, 0.4) is 0 Å². The summed E-state index contributed by atoms with van der Waals surface area (Å²) in [4.78, 5) is 36.0. The van der Waals surface area contributed by atoms with Gasteiger partial charge in [0, 0.05) is 10.8 Å². The van der Waals surface area contributed by atoms with E-state index in [2.05, 4.69) is 4.98 Å². The molecule has 0 saturated carbocycles. The second-order valence-electron chi connectivity index (χ2n) is 4.47. The van der Waals surface area contributed by atoms with Crippen LogP contribution in [0.15, 0.2) is 20.7 Å². The number of H-pyrrole nitrogens is 1. The highest BCUT2D eigenvalue weighted by Crippen LogP contribution is 2.28. The lowest BCUT2D eigenvalue weighted by Gasteiger charge is -2.16. The average Bonchev–Trinajstić information content (AvgIpc) is 2.08. The summed E-state index contributed by atoms with van der Waals surface area (Å²) in [6.07, 6.45) is 0. The van der Waals surface area contributed by atoms with Crippen molar-refractivity contribution in [3.8, 4) is 0 Å². The van der Waals surface area contributed by atoms with Gasteiger partial charge in [-0.2, -0.15) is 0 Å². The van der Waals surface area contributed by atoms with E-state index in [4.69, 9.17) is 5.11 Å². The molecule has 0 aliphatic heterocycles. The van der Waals surface area contributed by atoms with Gasteiger partial charge in [0.25, 0.3) is 5.56 Å². The molecule has 7 heteroatoms. The number of carbonyl (C=O) groups is 1. The van der Waals surface area contributed by atoms with Gasteiger partial charge in [-0.15, -0.1) is 11.8 Å². The SMILES string of the molecule is CC(C)(C)Sc1cc(=O)n(CC(=O)O)c(=O)[nH]1. The maximum atomic E-state index is 11.5. The topological polar surface area (TPSA) is 92.2 Å².